The minimum absolute atomic E-state index is 0.696. The second kappa shape index (κ2) is 5.49. The molecule has 0 aliphatic carbocycles. The molecule has 18 heavy (non-hydrogen) atoms. The maximum Gasteiger partial charge on any atom is 0.208 e. The van der Waals surface area contributed by atoms with Crippen LogP contribution in [0.15, 0.2) is 27.4 Å². The molecule has 6 heteroatoms. The minimum atomic E-state index is 0.696. The molecule has 1 aromatic carbocycles. The Morgan fingerprint density at radius 3 is 2.72 bits per heavy atom. The van der Waals surface area contributed by atoms with Crippen molar-refractivity contribution in [3.05, 3.63) is 29.3 Å². The highest BCUT2D eigenvalue weighted by molar-refractivity contribution is 8.01. The van der Waals surface area contributed by atoms with Crippen molar-refractivity contribution in [2.45, 2.75) is 16.2 Å². The molecule has 0 unspecified atom stereocenters. The van der Waals surface area contributed by atoms with Crippen LogP contribution in [-0.4, -0.2) is 30.6 Å². The number of hydrogen-bond acceptors (Lipinski definition) is 6. The van der Waals surface area contributed by atoms with E-state index in [0.29, 0.717) is 5.56 Å². The van der Waals surface area contributed by atoms with E-state index in [2.05, 4.69) is 10.2 Å². The van der Waals surface area contributed by atoms with Gasteiger partial charge in [0, 0.05) is 24.6 Å². The summed E-state index contributed by atoms with van der Waals surface area (Å²) >= 11 is 2.98. The van der Waals surface area contributed by atoms with Gasteiger partial charge in [0.25, 0.3) is 0 Å². The first-order valence-electron chi connectivity index (χ1n) is 5.34. The third-order valence-electron chi connectivity index (χ3n) is 2.27. The van der Waals surface area contributed by atoms with E-state index < -0.39 is 0 Å². The molecule has 0 aliphatic rings. The number of carbonyl (C=O) groups is 1. The summed E-state index contributed by atoms with van der Waals surface area (Å²) in [5.74, 6) is 0. The number of nitrogens with zero attached hydrogens (tertiary/aromatic N) is 3. The lowest BCUT2D eigenvalue weighted by atomic mass is 10.2. The van der Waals surface area contributed by atoms with E-state index in [0.717, 1.165) is 26.2 Å². The van der Waals surface area contributed by atoms with Gasteiger partial charge in [-0.3, -0.25) is 4.79 Å². The standard InChI is InChI=1S/C12H13N3OS2/c1-8-4-5-10(9(6-8)7-16)17-12-14-13-11(18-12)15(2)3/h4-7H,1-3H3. The van der Waals surface area contributed by atoms with Crippen molar-refractivity contribution in [2.75, 3.05) is 19.0 Å². The minimum Gasteiger partial charge on any atom is -0.353 e. The molecular weight excluding hydrogens is 266 g/mol. The van der Waals surface area contributed by atoms with E-state index in [1.807, 2.05) is 44.1 Å². The largest absolute Gasteiger partial charge is 0.353 e. The molecule has 0 saturated carbocycles. The maximum atomic E-state index is 11.0. The molecule has 0 saturated heterocycles. The predicted molar refractivity (Wildman–Crippen MR) is 74.9 cm³/mol. The molecule has 0 bridgehead atoms. The smallest absolute Gasteiger partial charge is 0.208 e. The molecule has 2 aromatic rings. The van der Waals surface area contributed by atoms with E-state index in [1.165, 1.54) is 23.1 Å². The molecule has 2 rings (SSSR count). The first-order valence-corrected chi connectivity index (χ1v) is 6.98. The van der Waals surface area contributed by atoms with Gasteiger partial charge in [-0.25, -0.2) is 0 Å². The third kappa shape index (κ3) is 2.88. The summed E-state index contributed by atoms with van der Waals surface area (Å²) in [5.41, 5.74) is 1.77. The van der Waals surface area contributed by atoms with E-state index in [1.54, 1.807) is 0 Å². The van der Waals surface area contributed by atoms with Crippen LogP contribution in [0.4, 0.5) is 5.13 Å². The van der Waals surface area contributed by atoms with E-state index in [-0.39, 0.29) is 0 Å². The van der Waals surface area contributed by atoms with Crippen LogP contribution in [0.25, 0.3) is 0 Å². The molecule has 0 fully saturated rings. The number of aromatic nitrogens is 2. The van der Waals surface area contributed by atoms with Gasteiger partial charge in [-0.1, -0.05) is 34.7 Å². The second-order valence-corrected chi connectivity index (χ2v) is 6.25. The number of aryl methyl sites for hydroxylation is 1. The second-order valence-electron chi connectivity index (χ2n) is 4.01. The van der Waals surface area contributed by atoms with Crippen molar-refractivity contribution < 1.29 is 4.79 Å². The Morgan fingerprint density at radius 2 is 2.11 bits per heavy atom. The fourth-order valence-corrected chi connectivity index (χ4v) is 3.16. The monoisotopic (exact) mass is 279 g/mol. The first-order chi connectivity index (χ1) is 8.60. The quantitative estimate of drug-likeness (QED) is 0.805. The number of hydrogen-bond donors (Lipinski definition) is 0. The van der Waals surface area contributed by atoms with Gasteiger partial charge in [-0.15, -0.1) is 10.2 Å². The van der Waals surface area contributed by atoms with Crippen LogP contribution < -0.4 is 4.90 Å². The number of rotatable bonds is 4. The molecule has 4 nitrogen and oxygen atoms in total. The van der Waals surface area contributed by atoms with Crippen LogP contribution in [-0.2, 0) is 0 Å². The van der Waals surface area contributed by atoms with Crippen molar-refractivity contribution in [1.29, 1.82) is 0 Å². The average Bonchev–Trinajstić information content (AvgIpc) is 2.80. The molecule has 1 heterocycles. The topological polar surface area (TPSA) is 46.1 Å². The van der Waals surface area contributed by atoms with Gasteiger partial charge in [0.05, 0.1) is 0 Å². The molecule has 0 radical (unpaired) electrons. The van der Waals surface area contributed by atoms with Gasteiger partial charge in [0.2, 0.25) is 5.13 Å². The molecule has 0 atom stereocenters. The van der Waals surface area contributed by atoms with Crippen molar-refractivity contribution in [2.24, 2.45) is 0 Å². The number of aldehydes is 1. The van der Waals surface area contributed by atoms with Gasteiger partial charge in [-0.05, 0) is 19.1 Å². The predicted octanol–water partition coefficient (Wildman–Crippen LogP) is 2.88. The zero-order chi connectivity index (χ0) is 13.1. The lowest BCUT2D eigenvalue weighted by Gasteiger charge is -2.04. The van der Waals surface area contributed by atoms with Crippen molar-refractivity contribution in [3.63, 3.8) is 0 Å². The summed E-state index contributed by atoms with van der Waals surface area (Å²) in [6.45, 7) is 1.97. The number of carbonyl (C=O) groups excluding carboxylic acids is 1. The Labute approximate surface area is 114 Å². The zero-order valence-electron chi connectivity index (χ0n) is 10.4. The summed E-state index contributed by atoms with van der Waals surface area (Å²) in [5, 5.41) is 9.03. The molecule has 1 aromatic heterocycles. The Balaban J connectivity index is 2.25. The van der Waals surface area contributed by atoms with Gasteiger partial charge >= 0.3 is 0 Å². The van der Waals surface area contributed by atoms with Crippen LogP contribution in [0, 0.1) is 6.92 Å². The van der Waals surface area contributed by atoms with Gasteiger partial charge in [-0.2, -0.15) is 0 Å². The lowest BCUT2D eigenvalue weighted by molar-refractivity contribution is 0.112. The average molecular weight is 279 g/mol. The molecule has 94 valence electrons. The number of benzene rings is 1. The fraction of sp³-hybridized carbons (Fsp3) is 0.250. The van der Waals surface area contributed by atoms with Crippen molar-refractivity contribution >= 4 is 34.5 Å². The van der Waals surface area contributed by atoms with E-state index in [9.17, 15) is 4.79 Å². The van der Waals surface area contributed by atoms with Crippen molar-refractivity contribution in [1.82, 2.24) is 10.2 Å². The molecule has 0 N–H and O–H groups in total. The Bertz CT molecular complexity index is 566. The van der Waals surface area contributed by atoms with Crippen molar-refractivity contribution in [3.8, 4) is 0 Å². The first kappa shape index (κ1) is 13.0. The normalized spacial score (nSPS) is 10.4. The highest BCUT2D eigenvalue weighted by Gasteiger charge is 2.10. The van der Waals surface area contributed by atoms with Gasteiger partial charge in [0.1, 0.15) is 0 Å². The van der Waals surface area contributed by atoms with E-state index >= 15 is 0 Å². The van der Waals surface area contributed by atoms with Crippen LogP contribution in [0.1, 0.15) is 15.9 Å². The van der Waals surface area contributed by atoms with Crippen LogP contribution in [0.2, 0.25) is 0 Å². The third-order valence-corrected chi connectivity index (χ3v) is 4.50. The lowest BCUT2D eigenvalue weighted by Crippen LogP contribution is -2.07. The Hall–Kier alpha value is -1.40. The highest BCUT2D eigenvalue weighted by atomic mass is 32.2. The Morgan fingerprint density at radius 1 is 1.33 bits per heavy atom. The summed E-state index contributed by atoms with van der Waals surface area (Å²) in [6, 6.07) is 5.81. The van der Waals surface area contributed by atoms with Crippen LogP contribution >= 0.6 is 23.1 Å². The molecular formula is C12H13N3OS2. The molecule has 0 spiro atoms. The van der Waals surface area contributed by atoms with Crippen LogP contribution in [0.5, 0.6) is 0 Å². The highest BCUT2D eigenvalue weighted by Crippen LogP contribution is 2.34. The summed E-state index contributed by atoms with van der Waals surface area (Å²) in [6.07, 6.45) is 0.878. The summed E-state index contributed by atoms with van der Waals surface area (Å²) in [7, 11) is 3.86. The van der Waals surface area contributed by atoms with Gasteiger partial charge < -0.3 is 4.90 Å². The van der Waals surface area contributed by atoms with Gasteiger partial charge in [0.15, 0.2) is 10.6 Å². The summed E-state index contributed by atoms with van der Waals surface area (Å²) < 4.78 is 0.839. The SMILES string of the molecule is Cc1ccc(Sc2nnc(N(C)C)s2)c(C=O)c1. The maximum absolute atomic E-state index is 11.0. The fourth-order valence-electron chi connectivity index (χ4n) is 1.37. The zero-order valence-corrected chi connectivity index (χ0v) is 12.0. The Kier molecular flexibility index (Phi) is 3.98. The number of anilines is 1. The van der Waals surface area contributed by atoms with Crippen LogP contribution in [0.3, 0.4) is 0 Å². The molecule has 0 amide bonds. The summed E-state index contributed by atoms with van der Waals surface area (Å²) in [4.78, 5) is 13.9. The van der Waals surface area contributed by atoms with E-state index in [4.69, 9.17) is 0 Å². The molecule has 0 aliphatic heterocycles.